The SMILES string of the molecule is O=C(NC1CCCCC1)c1cn[nH]c1Nc1ccc(S(=O)(=O)C(F)F)cc1. The maximum atomic E-state index is 12.6. The summed E-state index contributed by atoms with van der Waals surface area (Å²) in [6.45, 7) is 0. The topological polar surface area (TPSA) is 104 Å². The van der Waals surface area contributed by atoms with Gasteiger partial charge < -0.3 is 10.6 Å². The lowest BCUT2D eigenvalue weighted by Gasteiger charge is -2.22. The van der Waals surface area contributed by atoms with Gasteiger partial charge in [0.05, 0.1) is 11.1 Å². The summed E-state index contributed by atoms with van der Waals surface area (Å²) in [6.07, 6.45) is 6.67. The van der Waals surface area contributed by atoms with Crippen LogP contribution in [0.15, 0.2) is 35.4 Å². The molecule has 1 aromatic carbocycles. The molecular weight excluding hydrogens is 378 g/mol. The molecule has 27 heavy (non-hydrogen) atoms. The molecule has 1 saturated carbocycles. The van der Waals surface area contributed by atoms with E-state index in [4.69, 9.17) is 0 Å². The quantitative estimate of drug-likeness (QED) is 0.693. The maximum absolute atomic E-state index is 12.6. The van der Waals surface area contributed by atoms with Gasteiger partial charge in [0.15, 0.2) is 0 Å². The van der Waals surface area contributed by atoms with Crippen LogP contribution in [0.25, 0.3) is 0 Å². The second-order valence-corrected chi connectivity index (χ2v) is 8.34. The van der Waals surface area contributed by atoms with Gasteiger partial charge >= 0.3 is 5.76 Å². The molecule has 0 bridgehead atoms. The van der Waals surface area contributed by atoms with E-state index in [1.807, 2.05) is 0 Å². The first kappa shape index (κ1) is 19.3. The Labute approximate surface area is 155 Å². The molecule has 0 radical (unpaired) electrons. The lowest BCUT2D eigenvalue weighted by Crippen LogP contribution is -2.36. The Balaban J connectivity index is 1.70. The lowest BCUT2D eigenvalue weighted by atomic mass is 9.95. The fourth-order valence-electron chi connectivity index (χ4n) is 3.04. The molecular formula is C17H20F2N4O3S. The van der Waals surface area contributed by atoms with Crippen molar-refractivity contribution in [2.24, 2.45) is 0 Å². The fourth-order valence-corrected chi connectivity index (χ4v) is 3.76. The van der Waals surface area contributed by atoms with Crippen LogP contribution >= 0.6 is 0 Å². The van der Waals surface area contributed by atoms with Gasteiger partial charge in [0.1, 0.15) is 11.4 Å². The molecule has 146 valence electrons. The summed E-state index contributed by atoms with van der Waals surface area (Å²) in [5.74, 6) is -3.39. The van der Waals surface area contributed by atoms with Crippen LogP contribution in [-0.4, -0.2) is 36.3 Å². The van der Waals surface area contributed by atoms with E-state index in [0.29, 0.717) is 17.1 Å². The van der Waals surface area contributed by atoms with Crippen LogP contribution in [0.1, 0.15) is 42.5 Å². The highest BCUT2D eigenvalue weighted by molar-refractivity contribution is 7.91. The van der Waals surface area contributed by atoms with Crippen molar-refractivity contribution in [2.45, 2.75) is 48.8 Å². The Morgan fingerprint density at radius 3 is 2.44 bits per heavy atom. The number of anilines is 2. The van der Waals surface area contributed by atoms with Gasteiger partial charge in [-0.3, -0.25) is 9.89 Å². The molecule has 1 aromatic heterocycles. The van der Waals surface area contributed by atoms with E-state index < -0.39 is 20.5 Å². The number of aromatic amines is 1. The predicted octanol–water partition coefficient (Wildman–Crippen LogP) is 3.21. The van der Waals surface area contributed by atoms with Gasteiger partial charge in [0, 0.05) is 11.7 Å². The minimum Gasteiger partial charge on any atom is -0.349 e. The van der Waals surface area contributed by atoms with Crippen LogP contribution in [-0.2, 0) is 9.84 Å². The number of nitrogens with zero attached hydrogens (tertiary/aromatic N) is 1. The zero-order valence-electron chi connectivity index (χ0n) is 14.4. The van der Waals surface area contributed by atoms with Crippen molar-refractivity contribution in [1.82, 2.24) is 15.5 Å². The highest BCUT2D eigenvalue weighted by atomic mass is 32.2. The van der Waals surface area contributed by atoms with Crippen LogP contribution in [0.5, 0.6) is 0 Å². The van der Waals surface area contributed by atoms with Crippen LogP contribution < -0.4 is 10.6 Å². The molecule has 3 rings (SSSR count). The van der Waals surface area contributed by atoms with Gasteiger partial charge in [-0.25, -0.2) is 8.42 Å². The number of hydrogen-bond donors (Lipinski definition) is 3. The molecule has 0 aliphatic heterocycles. The molecule has 0 saturated heterocycles. The van der Waals surface area contributed by atoms with Crippen LogP contribution in [0.2, 0.25) is 0 Å². The van der Waals surface area contributed by atoms with E-state index in [-0.39, 0.29) is 11.9 Å². The molecule has 0 spiro atoms. The summed E-state index contributed by atoms with van der Waals surface area (Å²) in [7, 11) is -4.64. The van der Waals surface area contributed by atoms with E-state index in [2.05, 4.69) is 20.8 Å². The molecule has 3 N–H and O–H groups in total. The Kier molecular flexibility index (Phi) is 5.73. The molecule has 10 heteroatoms. The largest absolute Gasteiger partial charge is 0.349 e. The van der Waals surface area contributed by atoms with Crippen molar-refractivity contribution < 1.29 is 22.0 Å². The fraction of sp³-hybridized carbons (Fsp3) is 0.412. The Morgan fingerprint density at radius 1 is 1.15 bits per heavy atom. The Morgan fingerprint density at radius 2 is 1.81 bits per heavy atom. The third-order valence-corrected chi connectivity index (χ3v) is 5.91. The highest BCUT2D eigenvalue weighted by Crippen LogP contribution is 2.24. The summed E-state index contributed by atoms with van der Waals surface area (Å²) in [5, 5.41) is 12.4. The molecule has 7 nitrogen and oxygen atoms in total. The number of nitrogens with one attached hydrogen (secondary N) is 3. The smallest absolute Gasteiger partial charge is 0.341 e. The van der Waals surface area contributed by atoms with Gasteiger partial charge in [-0.15, -0.1) is 0 Å². The zero-order chi connectivity index (χ0) is 19.4. The molecule has 1 fully saturated rings. The number of benzene rings is 1. The van der Waals surface area contributed by atoms with E-state index >= 15 is 0 Å². The van der Waals surface area contributed by atoms with Gasteiger partial charge in [-0.1, -0.05) is 19.3 Å². The number of rotatable bonds is 6. The number of carbonyl (C=O) groups is 1. The van der Waals surface area contributed by atoms with Crippen molar-refractivity contribution in [3.05, 3.63) is 36.0 Å². The average Bonchev–Trinajstić information content (AvgIpc) is 3.11. The summed E-state index contributed by atoms with van der Waals surface area (Å²) in [5.41, 5.74) is 0.754. The maximum Gasteiger partial charge on any atom is 0.341 e. The van der Waals surface area contributed by atoms with E-state index in [1.54, 1.807) is 0 Å². The summed E-state index contributed by atoms with van der Waals surface area (Å²) < 4.78 is 48.1. The third-order valence-electron chi connectivity index (χ3n) is 4.51. The second-order valence-electron chi connectivity index (χ2n) is 6.42. The molecule has 1 aliphatic rings. The number of sulfone groups is 1. The van der Waals surface area contributed by atoms with Gasteiger partial charge in [-0.2, -0.15) is 13.9 Å². The molecule has 1 amide bonds. The number of carbonyl (C=O) groups excluding carboxylic acids is 1. The molecule has 0 unspecified atom stereocenters. The Bertz CT molecular complexity index is 891. The number of aromatic nitrogens is 2. The van der Waals surface area contributed by atoms with Gasteiger partial charge in [0.25, 0.3) is 5.91 Å². The second kappa shape index (κ2) is 8.03. The first-order valence-corrected chi connectivity index (χ1v) is 10.2. The van der Waals surface area contributed by atoms with E-state index in [1.165, 1.54) is 24.8 Å². The van der Waals surface area contributed by atoms with Gasteiger partial charge in [0.2, 0.25) is 9.84 Å². The number of halogens is 2. The zero-order valence-corrected chi connectivity index (χ0v) is 15.2. The van der Waals surface area contributed by atoms with Crippen molar-refractivity contribution in [2.75, 3.05) is 5.32 Å². The van der Waals surface area contributed by atoms with Crippen LogP contribution in [0.3, 0.4) is 0 Å². The molecule has 1 heterocycles. The minimum absolute atomic E-state index is 0.146. The first-order chi connectivity index (χ1) is 12.9. The predicted molar refractivity (Wildman–Crippen MR) is 95.8 cm³/mol. The standard InChI is InChI=1S/C17H20F2N4O3S/c18-17(19)27(25,26)13-8-6-12(7-9-13)21-15-14(10-20-23-15)16(24)22-11-4-2-1-3-5-11/h6-11,17H,1-5H2,(H,22,24)(H2,20,21,23). The minimum atomic E-state index is -4.64. The van der Waals surface area contributed by atoms with E-state index in [0.717, 1.165) is 37.8 Å². The lowest BCUT2D eigenvalue weighted by molar-refractivity contribution is 0.0928. The number of H-pyrrole nitrogens is 1. The number of hydrogen-bond acceptors (Lipinski definition) is 5. The van der Waals surface area contributed by atoms with E-state index in [9.17, 15) is 22.0 Å². The molecule has 0 atom stereocenters. The van der Waals surface area contributed by atoms with Crippen LogP contribution in [0.4, 0.5) is 20.3 Å². The summed E-state index contributed by atoms with van der Waals surface area (Å²) in [6, 6.07) is 5.01. The monoisotopic (exact) mass is 398 g/mol. The van der Waals surface area contributed by atoms with Crippen molar-refractivity contribution in [3.63, 3.8) is 0 Å². The van der Waals surface area contributed by atoms with Crippen molar-refractivity contribution >= 4 is 27.2 Å². The molecule has 2 aromatic rings. The average molecular weight is 398 g/mol. The highest BCUT2D eigenvalue weighted by Gasteiger charge is 2.26. The van der Waals surface area contributed by atoms with Crippen LogP contribution in [0, 0.1) is 0 Å². The van der Waals surface area contributed by atoms with Gasteiger partial charge in [-0.05, 0) is 37.1 Å². The normalized spacial score (nSPS) is 15.7. The Hall–Kier alpha value is -2.49. The third kappa shape index (κ3) is 4.44. The summed E-state index contributed by atoms with van der Waals surface area (Å²) >= 11 is 0. The number of alkyl halides is 2. The van der Waals surface area contributed by atoms with Crippen molar-refractivity contribution in [3.8, 4) is 0 Å². The number of amides is 1. The van der Waals surface area contributed by atoms with Crippen molar-refractivity contribution in [1.29, 1.82) is 0 Å². The first-order valence-electron chi connectivity index (χ1n) is 8.61. The summed E-state index contributed by atoms with van der Waals surface area (Å²) in [4.78, 5) is 12.0. The molecule has 1 aliphatic carbocycles.